The van der Waals surface area contributed by atoms with Gasteiger partial charge in [0.05, 0.1) is 23.4 Å². The van der Waals surface area contributed by atoms with E-state index in [9.17, 15) is 14.4 Å². The molecule has 1 aromatic carbocycles. The Morgan fingerprint density at radius 1 is 1.19 bits per heavy atom. The lowest BCUT2D eigenvalue weighted by Crippen LogP contribution is -2.21. The van der Waals surface area contributed by atoms with Crippen LogP contribution in [0.25, 0.3) is 22.5 Å². The number of aromatic nitrogens is 5. The van der Waals surface area contributed by atoms with E-state index in [2.05, 4.69) is 15.1 Å². The van der Waals surface area contributed by atoms with Gasteiger partial charge >= 0.3 is 11.7 Å². The van der Waals surface area contributed by atoms with Crippen LogP contribution < -0.4 is 11.2 Å². The van der Waals surface area contributed by atoms with Crippen LogP contribution in [0.2, 0.25) is 0 Å². The number of hydrogen-bond acceptors (Lipinski definition) is 6. The highest BCUT2D eigenvalue weighted by Crippen LogP contribution is 2.11. The summed E-state index contributed by atoms with van der Waals surface area (Å²) in [5.41, 5.74) is 0.460. The largest absolute Gasteiger partial charge is 0.462 e. The lowest BCUT2D eigenvalue weighted by molar-refractivity contribution is 0.0526. The smallest absolute Gasteiger partial charge is 0.355 e. The van der Waals surface area contributed by atoms with Crippen molar-refractivity contribution < 1.29 is 9.53 Å². The number of carbonyl (C=O) groups is 1. The van der Waals surface area contributed by atoms with Gasteiger partial charge < -0.3 is 9.72 Å². The Bertz CT molecular complexity index is 1250. The highest BCUT2D eigenvalue weighted by molar-refractivity contribution is 5.89. The number of ether oxygens (including phenoxy) is 1. The molecule has 3 heterocycles. The van der Waals surface area contributed by atoms with Gasteiger partial charge in [0.25, 0.3) is 5.56 Å². The average molecular weight is 351 g/mol. The first-order valence-electron chi connectivity index (χ1n) is 7.86. The summed E-state index contributed by atoms with van der Waals surface area (Å²) >= 11 is 0. The highest BCUT2D eigenvalue weighted by Gasteiger charge is 2.15. The minimum absolute atomic E-state index is 0.0371. The summed E-state index contributed by atoms with van der Waals surface area (Å²) in [6.07, 6.45) is 1.52. The summed E-state index contributed by atoms with van der Waals surface area (Å²) in [5, 5.41) is 4.12. The fourth-order valence-electron chi connectivity index (χ4n) is 2.69. The van der Waals surface area contributed by atoms with Crippen molar-refractivity contribution in [1.82, 2.24) is 24.1 Å². The molecule has 0 fully saturated rings. The number of hydrogen-bond donors (Lipinski definition) is 1. The molecule has 4 rings (SSSR count). The van der Waals surface area contributed by atoms with Crippen molar-refractivity contribution in [1.29, 1.82) is 0 Å². The monoisotopic (exact) mass is 351 g/mol. The summed E-state index contributed by atoms with van der Waals surface area (Å²) in [5.74, 6) is -0.449. The minimum Gasteiger partial charge on any atom is -0.462 e. The van der Waals surface area contributed by atoms with Crippen LogP contribution in [-0.2, 0) is 4.74 Å². The Hall–Kier alpha value is -3.75. The number of fused-ring (bicyclic) bond motifs is 3. The van der Waals surface area contributed by atoms with Gasteiger partial charge in [0.15, 0.2) is 5.65 Å². The highest BCUT2D eigenvalue weighted by atomic mass is 16.5. The molecule has 9 nitrogen and oxygen atoms in total. The molecule has 0 aliphatic carbocycles. The van der Waals surface area contributed by atoms with Crippen molar-refractivity contribution in [3.8, 4) is 5.69 Å². The maximum atomic E-state index is 12.8. The van der Waals surface area contributed by atoms with Crippen LogP contribution in [0, 0.1) is 0 Å². The van der Waals surface area contributed by atoms with E-state index in [-0.39, 0.29) is 12.3 Å². The number of carbonyl (C=O) groups excluding carboxylic acids is 1. The second kappa shape index (κ2) is 5.96. The number of H-pyrrole nitrogens is 1. The molecule has 0 bridgehead atoms. The molecule has 0 amide bonds. The van der Waals surface area contributed by atoms with Gasteiger partial charge in [0, 0.05) is 6.20 Å². The first kappa shape index (κ1) is 15.8. The summed E-state index contributed by atoms with van der Waals surface area (Å²) in [4.78, 5) is 43.4. The third-order valence-electron chi connectivity index (χ3n) is 3.86. The summed E-state index contributed by atoms with van der Waals surface area (Å²) in [7, 11) is 0. The van der Waals surface area contributed by atoms with Gasteiger partial charge in [-0.2, -0.15) is 4.68 Å². The van der Waals surface area contributed by atoms with Gasteiger partial charge in [-0.05, 0) is 43.3 Å². The van der Waals surface area contributed by atoms with Crippen LogP contribution in [0.1, 0.15) is 17.3 Å². The topological polar surface area (TPSA) is 111 Å². The zero-order chi connectivity index (χ0) is 18.3. The molecular formula is C17H13N5O4. The minimum atomic E-state index is -0.518. The van der Waals surface area contributed by atoms with E-state index in [1.165, 1.54) is 22.7 Å². The van der Waals surface area contributed by atoms with Crippen LogP contribution in [0.5, 0.6) is 0 Å². The average Bonchev–Trinajstić information content (AvgIpc) is 3.01. The molecule has 1 N–H and O–H groups in total. The van der Waals surface area contributed by atoms with Crippen molar-refractivity contribution in [3.05, 3.63) is 69.0 Å². The van der Waals surface area contributed by atoms with Crippen LogP contribution in [0.15, 0.2) is 52.2 Å². The number of pyridine rings is 1. The molecule has 9 heteroatoms. The maximum absolute atomic E-state index is 12.8. The van der Waals surface area contributed by atoms with E-state index in [1.807, 2.05) is 0 Å². The van der Waals surface area contributed by atoms with Gasteiger partial charge in [0.1, 0.15) is 0 Å². The zero-order valence-electron chi connectivity index (χ0n) is 13.7. The van der Waals surface area contributed by atoms with E-state index >= 15 is 0 Å². The molecule has 0 unspecified atom stereocenters. The predicted molar refractivity (Wildman–Crippen MR) is 92.7 cm³/mol. The standard InChI is InChI=1S/C17H13N5O4/c1-2-26-16(24)10-5-7-11(8-6-10)22-17(25)21-12-4-3-9-18-13(12)19-15(23)14(21)20-22/h3-9H,2H2,1H3,(H,18,19,23). The molecule has 0 saturated heterocycles. The van der Waals surface area contributed by atoms with Crippen LogP contribution in [0.4, 0.5) is 0 Å². The van der Waals surface area contributed by atoms with E-state index in [1.54, 1.807) is 31.2 Å². The lowest BCUT2D eigenvalue weighted by atomic mass is 10.2. The van der Waals surface area contributed by atoms with Crippen molar-refractivity contribution in [2.75, 3.05) is 6.61 Å². The number of aromatic amines is 1. The van der Waals surface area contributed by atoms with Gasteiger partial charge in [-0.3, -0.25) is 4.79 Å². The van der Waals surface area contributed by atoms with Crippen molar-refractivity contribution in [2.45, 2.75) is 6.92 Å². The molecule has 0 atom stereocenters. The predicted octanol–water partition coefficient (Wildman–Crippen LogP) is 0.898. The lowest BCUT2D eigenvalue weighted by Gasteiger charge is -2.03. The summed E-state index contributed by atoms with van der Waals surface area (Å²) in [6, 6.07) is 9.53. The molecule has 0 aliphatic heterocycles. The number of nitrogens with one attached hydrogen (secondary N) is 1. The molecule has 26 heavy (non-hydrogen) atoms. The summed E-state index contributed by atoms with van der Waals surface area (Å²) < 4.78 is 7.24. The van der Waals surface area contributed by atoms with Crippen LogP contribution in [-0.4, -0.2) is 36.7 Å². The van der Waals surface area contributed by atoms with E-state index < -0.39 is 17.2 Å². The maximum Gasteiger partial charge on any atom is 0.355 e. The third-order valence-corrected chi connectivity index (χ3v) is 3.86. The number of rotatable bonds is 3. The quantitative estimate of drug-likeness (QED) is 0.549. The Morgan fingerprint density at radius 3 is 2.69 bits per heavy atom. The molecule has 0 spiro atoms. The Morgan fingerprint density at radius 2 is 1.96 bits per heavy atom. The number of esters is 1. The normalized spacial score (nSPS) is 11.1. The third kappa shape index (κ3) is 2.37. The van der Waals surface area contributed by atoms with Gasteiger partial charge in [-0.25, -0.2) is 19.0 Å². The van der Waals surface area contributed by atoms with E-state index in [4.69, 9.17) is 4.74 Å². The number of nitrogens with zero attached hydrogens (tertiary/aromatic N) is 4. The molecule has 0 radical (unpaired) electrons. The van der Waals surface area contributed by atoms with Crippen molar-refractivity contribution in [3.63, 3.8) is 0 Å². The van der Waals surface area contributed by atoms with Crippen molar-refractivity contribution in [2.24, 2.45) is 0 Å². The molecule has 4 aromatic rings. The van der Waals surface area contributed by atoms with Gasteiger partial charge in [-0.1, -0.05) is 0 Å². The molecule has 0 aliphatic rings. The Kier molecular flexibility index (Phi) is 3.61. The second-order valence-corrected chi connectivity index (χ2v) is 5.45. The fraction of sp³-hybridized carbons (Fsp3) is 0.118. The fourth-order valence-corrected chi connectivity index (χ4v) is 2.69. The number of benzene rings is 1. The molecule has 3 aromatic heterocycles. The van der Waals surface area contributed by atoms with Crippen LogP contribution in [0.3, 0.4) is 0 Å². The van der Waals surface area contributed by atoms with Gasteiger partial charge in [-0.15, -0.1) is 5.10 Å². The van der Waals surface area contributed by atoms with E-state index in [0.29, 0.717) is 22.4 Å². The SMILES string of the molecule is CCOC(=O)c1ccc(-n2nc3c(=O)[nH]c4ncccc4n3c2=O)cc1. The second-order valence-electron chi connectivity index (χ2n) is 5.45. The first-order chi connectivity index (χ1) is 12.6. The molecule has 130 valence electrons. The van der Waals surface area contributed by atoms with Gasteiger partial charge in [0.2, 0.25) is 5.65 Å². The summed E-state index contributed by atoms with van der Waals surface area (Å²) in [6.45, 7) is 2.00. The zero-order valence-corrected chi connectivity index (χ0v) is 13.7. The Balaban J connectivity index is 1.90. The van der Waals surface area contributed by atoms with Crippen LogP contribution >= 0.6 is 0 Å². The molecular weight excluding hydrogens is 338 g/mol. The first-order valence-corrected chi connectivity index (χ1v) is 7.86. The molecule has 0 saturated carbocycles. The van der Waals surface area contributed by atoms with E-state index in [0.717, 1.165) is 4.68 Å². The Labute approximate surface area is 145 Å². The van der Waals surface area contributed by atoms with Crippen molar-refractivity contribution >= 4 is 22.8 Å².